The summed E-state index contributed by atoms with van der Waals surface area (Å²) in [5.41, 5.74) is -1.31. The maximum atomic E-state index is 14.4. The van der Waals surface area contributed by atoms with Gasteiger partial charge in [-0.15, -0.1) is 5.10 Å². The Hall–Kier alpha value is -1.32. The fourth-order valence-electron chi connectivity index (χ4n) is 2.71. The van der Waals surface area contributed by atoms with Crippen LogP contribution in [0.15, 0.2) is 11.9 Å². The minimum absolute atomic E-state index is 0.158. The first-order valence-corrected chi connectivity index (χ1v) is 8.15. The number of halogens is 2. The minimum Gasteiger partial charge on any atom is -0.398 e. The largest absolute Gasteiger partial charge is 0.525 e. The predicted octanol–water partition coefficient (Wildman–Crippen LogP) is 2.05. The molecule has 9 heteroatoms. The fraction of sp³-hybridized carbons (Fsp3) is 0.733. The van der Waals surface area contributed by atoms with Crippen LogP contribution < -0.4 is 0 Å². The molecule has 24 heavy (non-hydrogen) atoms. The zero-order chi connectivity index (χ0) is 17.5. The van der Waals surface area contributed by atoms with Gasteiger partial charge in [0.25, 0.3) is 0 Å². The molecule has 132 valence electrons. The molecule has 2 saturated heterocycles. The average Bonchev–Trinajstić information content (AvgIpc) is 2.96. The molecule has 0 aromatic carbocycles. The van der Waals surface area contributed by atoms with E-state index in [-0.39, 0.29) is 12.7 Å². The number of alkyl halides is 1. The van der Waals surface area contributed by atoms with E-state index < -0.39 is 24.0 Å². The lowest BCUT2D eigenvalue weighted by molar-refractivity contribution is 0.00578. The normalized spacial score (nSPS) is 24.4. The van der Waals surface area contributed by atoms with Crippen LogP contribution in [0.4, 0.5) is 8.78 Å². The van der Waals surface area contributed by atoms with Gasteiger partial charge in [0.15, 0.2) is 0 Å². The molecule has 2 aliphatic rings. The molecule has 0 bridgehead atoms. The van der Waals surface area contributed by atoms with Crippen molar-refractivity contribution < 1.29 is 18.1 Å². The number of rotatable bonds is 5. The lowest BCUT2D eigenvalue weighted by Crippen LogP contribution is -2.48. The zero-order valence-corrected chi connectivity index (χ0v) is 14.5. The SMILES string of the molecule is CC1(C)OB(C(F)=Cc2cn(C3CN(CCF)C3)nn2)OC1(C)C. The van der Waals surface area contributed by atoms with Crippen LogP contribution in [0.2, 0.25) is 0 Å². The number of aromatic nitrogens is 3. The lowest BCUT2D eigenvalue weighted by atomic mass is 9.87. The maximum absolute atomic E-state index is 14.4. The molecule has 1 aromatic rings. The van der Waals surface area contributed by atoms with E-state index in [2.05, 4.69) is 10.3 Å². The third-order valence-electron chi connectivity index (χ3n) is 5.00. The first kappa shape index (κ1) is 17.5. The molecular weight excluding hydrogens is 317 g/mol. The summed E-state index contributed by atoms with van der Waals surface area (Å²) in [5, 5.41) is 7.99. The second-order valence-corrected chi connectivity index (χ2v) is 7.34. The summed E-state index contributed by atoms with van der Waals surface area (Å²) in [6.07, 6.45) is 2.96. The van der Waals surface area contributed by atoms with E-state index >= 15 is 0 Å². The van der Waals surface area contributed by atoms with Crippen LogP contribution in [0.5, 0.6) is 0 Å². The average molecular weight is 340 g/mol. The summed E-state index contributed by atoms with van der Waals surface area (Å²) in [6.45, 7) is 9.04. The Labute approximate surface area is 140 Å². The van der Waals surface area contributed by atoms with E-state index in [0.717, 1.165) is 13.1 Å². The van der Waals surface area contributed by atoms with Crippen LogP contribution in [0.1, 0.15) is 39.4 Å². The van der Waals surface area contributed by atoms with Crippen molar-refractivity contribution in [1.29, 1.82) is 0 Å². The first-order chi connectivity index (χ1) is 11.2. The molecule has 6 nitrogen and oxygen atoms in total. The van der Waals surface area contributed by atoms with E-state index in [9.17, 15) is 8.78 Å². The van der Waals surface area contributed by atoms with Crippen molar-refractivity contribution >= 4 is 13.2 Å². The molecule has 2 aliphatic heterocycles. The van der Waals surface area contributed by atoms with Gasteiger partial charge in [-0.2, -0.15) is 0 Å². The standard InChI is InChI=1S/C15H23BF2N4O2/c1-14(2)15(3,4)24-16(23-14)13(18)7-11-8-22(20-19-11)12-9-21(10-12)6-5-17/h7-8,12H,5-6,9-10H2,1-4H3. The third kappa shape index (κ3) is 3.25. The van der Waals surface area contributed by atoms with Crippen molar-refractivity contribution in [3.63, 3.8) is 0 Å². The van der Waals surface area contributed by atoms with Crippen molar-refractivity contribution in [2.24, 2.45) is 0 Å². The number of hydrogen-bond donors (Lipinski definition) is 0. The van der Waals surface area contributed by atoms with Crippen molar-refractivity contribution in [3.8, 4) is 0 Å². The Morgan fingerprint density at radius 1 is 1.33 bits per heavy atom. The molecule has 3 heterocycles. The first-order valence-electron chi connectivity index (χ1n) is 8.15. The highest BCUT2D eigenvalue weighted by Gasteiger charge is 2.53. The molecule has 0 spiro atoms. The maximum Gasteiger partial charge on any atom is 0.525 e. The van der Waals surface area contributed by atoms with Gasteiger partial charge in [0, 0.05) is 19.6 Å². The van der Waals surface area contributed by atoms with Crippen LogP contribution in [0.3, 0.4) is 0 Å². The van der Waals surface area contributed by atoms with Gasteiger partial charge in [0.05, 0.1) is 23.4 Å². The molecule has 0 amide bonds. The fourth-order valence-corrected chi connectivity index (χ4v) is 2.71. The van der Waals surface area contributed by atoms with Crippen molar-refractivity contribution in [2.75, 3.05) is 26.3 Å². The highest BCUT2D eigenvalue weighted by Crippen LogP contribution is 2.39. The number of nitrogens with zero attached hydrogens (tertiary/aromatic N) is 4. The Kier molecular flexibility index (Phi) is 4.52. The monoisotopic (exact) mass is 340 g/mol. The molecular formula is C15H23BF2N4O2. The van der Waals surface area contributed by atoms with Crippen LogP contribution in [-0.4, -0.2) is 64.5 Å². The van der Waals surface area contributed by atoms with Gasteiger partial charge in [-0.3, -0.25) is 4.90 Å². The second kappa shape index (κ2) is 6.20. The third-order valence-corrected chi connectivity index (χ3v) is 5.00. The molecule has 0 radical (unpaired) electrons. The second-order valence-electron chi connectivity index (χ2n) is 7.34. The summed E-state index contributed by atoms with van der Waals surface area (Å²) in [6, 6.07) is 0.158. The Morgan fingerprint density at radius 2 is 1.96 bits per heavy atom. The molecule has 0 atom stereocenters. The molecule has 0 aliphatic carbocycles. The Balaban J connectivity index is 1.63. The minimum atomic E-state index is -1.04. The van der Waals surface area contributed by atoms with Gasteiger partial charge < -0.3 is 9.31 Å². The van der Waals surface area contributed by atoms with Gasteiger partial charge in [-0.05, 0) is 33.8 Å². The van der Waals surface area contributed by atoms with Crippen LogP contribution in [0, 0.1) is 0 Å². The molecule has 3 rings (SSSR count). The van der Waals surface area contributed by atoms with E-state index in [1.807, 2.05) is 32.6 Å². The van der Waals surface area contributed by atoms with Gasteiger partial charge in [-0.1, -0.05) is 5.21 Å². The summed E-state index contributed by atoms with van der Waals surface area (Å²) < 4.78 is 39.7. The van der Waals surface area contributed by atoms with Crippen LogP contribution >= 0.6 is 0 Å². The quantitative estimate of drug-likeness (QED) is 0.768. The molecule has 1 aromatic heterocycles. The molecule has 0 N–H and O–H groups in total. The van der Waals surface area contributed by atoms with Crippen molar-refractivity contribution in [1.82, 2.24) is 19.9 Å². The Morgan fingerprint density at radius 3 is 2.54 bits per heavy atom. The van der Waals surface area contributed by atoms with Crippen molar-refractivity contribution in [3.05, 3.63) is 17.6 Å². The van der Waals surface area contributed by atoms with Gasteiger partial charge in [-0.25, -0.2) is 13.5 Å². The summed E-state index contributed by atoms with van der Waals surface area (Å²) in [5.74, 6) is 0. The topological polar surface area (TPSA) is 52.4 Å². The summed E-state index contributed by atoms with van der Waals surface area (Å²) in [7, 11) is -1.04. The molecule has 0 saturated carbocycles. The van der Waals surface area contributed by atoms with E-state index in [1.165, 1.54) is 6.08 Å². The smallest absolute Gasteiger partial charge is 0.398 e. The molecule has 0 unspecified atom stereocenters. The zero-order valence-electron chi connectivity index (χ0n) is 14.5. The van der Waals surface area contributed by atoms with E-state index in [4.69, 9.17) is 9.31 Å². The predicted molar refractivity (Wildman–Crippen MR) is 86.6 cm³/mol. The van der Waals surface area contributed by atoms with E-state index in [1.54, 1.807) is 10.9 Å². The van der Waals surface area contributed by atoms with Gasteiger partial charge in [0.2, 0.25) is 0 Å². The lowest BCUT2D eigenvalue weighted by Gasteiger charge is -2.38. The van der Waals surface area contributed by atoms with E-state index in [0.29, 0.717) is 12.2 Å². The number of likely N-dealkylation sites (tertiary alicyclic amines) is 1. The van der Waals surface area contributed by atoms with Crippen LogP contribution in [-0.2, 0) is 9.31 Å². The van der Waals surface area contributed by atoms with Gasteiger partial charge >= 0.3 is 7.12 Å². The summed E-state index contributed by atoms with van der Waals surface area (Å²) >= 11 is 0. The van der Waals surface area contributed by atoms with Crippen LogP contribution in [0.25, 0.3) is 6.08 Å². The highest BCUT2D eigenvalue weighted by atomic mass is 19.1. The highest BCUT2D eigenvalue weighted by molar-refractivity contribution is 6.54. The molecule has 2 fully saturated rings. The number of hydrogen-bond acceptors (Lipinski definition) is 5. The van der Waals surface area contributed by atoms with Crippen molar-refractivity contribution in [2.45, 2.75) is 44.9 Å². The summed E-state index contributed by atoms with van der Waals surface area (Å²) in [4.78, 5) is 1.99. The Bertz CT molecular complexity index is 613. The van der Waals surface area contributed by atoms with Gasteiger partial charge in [0.1, 0.15) is 18.1 Å².